The van der Waals surface area contributed by atoms with Gasteiger partial charge in [0.15, 0.2) is 0 Å². The monoisotopic (exact) mass is 847 g/mol. The summed E-state index contributed by atoms with van der Waals surface area (Å²) in [7, 11) is 0. The molecule has 10 aromatic rings. The molecular formula is C63H49N3. The number of imidazole rings is 1. The Morgan fingerprint density at radius 2 is 1.15 bits per heavy atom. The molecule has 2 aliphatic rings. The minimum Gasteiger partial charge on any atom is -0.292 e. The number of allylic oxidation sites excluding steroid dienone is 5. The summed E-state index contributed by atoms with van der Waals surface area (Å²) < 4.78 is 2.27. The Labute approximate surface area is 386 Å². The molecule has 0 fully saturated rings. The third kappa shape index (κ3) is 6.25. The van der Waals surface area contributed by atoms with Gasteiger partial charge in [0.05, 0.1) is 22.2 Å². The number of nitrogens with zero attached hydrogens (tertiary/aromatic N) is 3. The van der Waals surface area contributed by atoms with Gasteiger partial charge in [-0.2, -0.15) is 0 Å². The third-order valence-electron chi connectivity index (χ3n) is 14.5. The van der Waals surface area contributed by atoms with Gasteiger partial charge in [-0.15, -0.1) is 0 Å². The Balaban J connectivity index is 1.08. The van der Waals surface area contributed by atoms with E-state index in [0.29, 0.717) is 0 Å². The van der Waals surface area contributed by atoms with Crippen LogP contribution in [0.1, 0.15) is 49.9 Å². The van der Waals surface area contributed by atoms with E-state index < -0.39 is 0 Å². The molecule has 3 heteroatoms. The van der Waals surface area contributed by atoms with Crippen molar-refractivity contribution in [2.24, 2.45) is 0 Å². The molecule has 12 rings (SSSR count). The zero-order chi connectivity index (χ0) is 44.7. The zero-order valence-electron chi connectivity index (χ0n) is 37.8. The Bertz CT molecular complexity index is 3670. The summed E-state index contributed by atoms with van der Waals surface area (Å²) in [6, 6.07) is 64.3. The van der Waals surface area contributed by atoms with Crippen LogP contribution in [0.4, 0.5) is 0 Å². The molecule has 0 saturated carbocycles. The van der Waals surface area contributed by atoms with Gasteiger partial charge in [0.25, 0.3) is 0 Å². The maximum absolute atomic E-state index is 5.65. The lowest BCUT2D eigenvalue weighted by molar-refractivity contribution is 0.635. The van der Waals surface area contributed by atoms with Crippen molar-refractivity contribution >= 4 is 32.7 Å². The van der Waals surface area contributed by atoms with Gasteiger partial charge < -0.3 is 0 Å². The molecule has 316 valence electrons. The summed E-state index contributed by atoms with van der Waals surface area (Å²) >= 11 is 0. The lowest BCUT2D eigenvalue weighted by atomic mass is 9.75. The van der Waals surface area contributed by atoms with Gasteiger partial charge in [-0.25, -0.2) is 9.97 Å². The van der Waals surface area contributed by atoms with E-state index in [0.717, 1.165) is 78.8 Å². The number of pyridine rings is 1. The van der Waals surface area contributed by atoms with E-state index >= 15 is 0 Å². The first-order chi connectivity index (χ1) is 32.1. The van der Waals surface area contributed by atoms with Crippen LogP contribution in [0.2, 0.25) is 0 Å². The first-order valence-corrected chi connectivity index (χ1v) is 23.1. The van der Waals surface area contributed by atoms with Gasteiger partial charge in [0, 0.05) is 38.4 Å². The largest absolute Gasteiger partial charge is 0.292 e. The van der Waals surface area contributed by atoms with E-state index in [-0.39, 0.29) is 10.8 Å². The maximum Gasteiger partial charge on any atom is 0.145 e. The van der Waals surface area contributed by atoms with Crippen LogP contribution in [0.25, 0.3) is 94.4 Å². The Morgan fingerprint density at radius 3 is 2.00 bits per heavy atom. The van der Waals surface area contributed by atoms with Crippen molar-refractivity contribution < 1.29 is 0 Å². The minimum absolute atomic E-state index is 0.112. The molecule has 0 unspecified atom stereocenters. The second-order valence-electron chi connectivity index (χ2n) is 19.0. The molecule has 0 atom stereocenters. The van der Waals surface area contributed by atoms with Crippen LogP contribution in [-0.2, 0) is 17.3 Å². The molecule has 0 radical (unpaired) electrons. The number of aromatic nitrogens is 3. The van der Waals surface area contributed by atoms with Gasteiger partial charge in [-0.05, 0) is 122 Å². The number of para-hydroxylation sites is 3. The lowest BCUT2D eigenvalue weighted by Crippen LogP contribution is -2.20. The number of fused-ring (bicyclic) bond motifs is 8. The number of hydrogen-bond donors (Lipinski definition) is 0. The molecular weight excluding hydrogens is 799 g/mol. The fourth-order valence-electron chi connectivity index (χ4n) is 10.7. The Morgan fingerprint density at radius 1 is 0.485 bits per heavy atom. The van der Waals surface area contributed by atoms with Gasteiger partial charge in [-0.3, -0.25) is 4.57 Å². The van der Waals surface area contributed by atoms with E-state index in [2.05, 4.69) is 239 Å². The van der Waals surface area contributed by atoms with Crippen molar-refractivity contribution in [3.8, 4) is 61.7 Å². The molecule has 0 bridgehead atoms. The molecule has 0 N–H and O–H groups in total. The zero-order valence-corrected chi connectivity index (χ0v) is 37.8. The standard InChI is InChI=1S/C63H49N3/c1-40-18-8-6-9-19-42-30-33-45(37-55(42)62(40,2)3)58-39-52(41-28-31-43(32-29-41)61-65-57-26-16-17-27-59(57)66(61)46-20-10-7-11-21-46)53-38-51(47-22-12-13-24-50(47)60(53)64-58)44-34-35-49-48-23-14-15-25-54(48)63(4,5)56(49)36-44/h6-18,20-39H,1,19H2,2-5H3/b9-6-,18-8-. The fourth-order valence-corrected chi connectivity index (χ4v) is 10.7. The topological polar surface area (TPSA) is 30.7 Å². The van der Waals surface area contributed by atoms with E-state index in [1.165, 1.54) is 49.9 Å². The first-order valence-electron chi connectivity index (χ1n) is 23.1. The highest BCUT2D eigenvalue weighted by Crippen LogP contribution is 2.50. The van der Waals surface area contributed by atoms with Crippen molar-refractivity contribution in [2.45, 2.75) is 44.9 Å². The van der Waals surface area contributed by atoms with Crippen molar-refractivity contribution in [2.75, 3.05) is 0 Å². The van der Waals surface area contributed by atoms with Crippen molar-refractivity contribution in [3.05, 3.63) is 235 Å². The highest BCUT2D eigenvalue weighted by molar-refractivity contribution is 6.16. The second kappa shape index (κ2) is 15.1. The molecule has 66 heavy (non-hydrogen) atoms. The predicted molar refractivity (Wildman–Crippen MR) is 277 cm³/mol. The van der Waals surface area contributed by atoms with Gasteiger partial charge in [-0.1, -0.05) is 186 Å². The van der Waals surface area contributed by atoms with Gasteiger partial charge in [0.2, 0.25) is 0 Å². The SMILES string of the molecule is C=C1/C=C\C=C/Cc2ccc(-c3cc(-c4ccc(-c5nc6ccccc6n5-c5ccccc5)cc4)c4cc(-c5ccc6c(c5)C(C)(C)c5ccccc5-6)c5ccccc5c4n3)cc2C1(C)C. The van der Waals surface area contributed by atoms with Crippen molar-refractivity contribution in [3.63, 3.8) is 0 Å². The number of benzene rings is 8. The average molecular weight is 848 g/mol. The highest BCUT2D eigenvalue weighted by atomic mass is 15.1. The van der Waals surface area contributed by atoms with E-state index in [1.54, 1.807) is 0 Å². The van der Waals surface area contributed by atoms with E-state index in [9.17, 15) is 0 Å². The number of rotatable bonds is 5. The van der Waals surface area contributed by atoms with Gasteiger partial charge in [0.1, 0.15) is 5.82 Å². The molecule has 3 nitrogen and oxygen atoms in total. The van der Waals surface area contributed by atoms with Crippen molar-refractivity contribution in [1.29, 1.82) is 0 Å². The maximum atomic E-state index is 5.65. The predicted octanol–water partition coefficient (Wildman–Crippen LogP) is 16.2. The van der Waals surface area contributed by atoms with E-state index in [1.807, 2.05) is 0 Å². The summed E-state index contributed by atoms with van der Waals surface area (Å²) in [6.45, 7) is 13.8. The summed E-state index contributed by atoms with van der Waals surface area (Å²) in [6.07, 6.45) is 9.48. The lowest BCUT2D eigenvalue weighted by Gasteiger charge is -2.29. The van der Waals surface area contributed by atoms with Crippen LogP contribution in [0.3, 0.4) is 0 Å². The third-order valence-corrected chi connectivity index (χ3v) is 14.5. The molecule has 0 saturated heterocycles. The summed E-state index contributed by atoms with van der Waals surface area (Å²) in [4.78, 5) is 10.9. The normalized spacial score (nSPS) is 15.7. The molecule has 8 aromatic carbocycles. The minimum atomic E-state index is -0.271. The van der Waals surface area contributed by atoms with Crippen LogP contribution in [0.15, 0.2) is 212 Å². The van der Waals surface area contributed by atoms with Gasteiger partial charge >= 0.3 is 0 Å². The second-order valence-corrected chi connectivity index (χ2v) is 19.0. The smallest absolute Gasteiger partial charge is 0.145 e. The highest BCUT2D eigenvalue weighted by Gasteiger charge is 2.35. The molecule has 0 spiro atoms. The number of hydrogen-bond acceptors (Lipinski definition) is 2. The molecule has 2 aromatic heterocycles. The molecule has 0 aliphatic heterocycles. The molecule has 0 amide bonds. The van der Waals surface area contributed by atoms with Crippen LogP contribution in [0, 0.1) is 0 Å². The van der Waals surface area contributed by atoms with Crippen molar-refractivity contribution in [1.82, 2.24) is 14.5 Å². The average Bonchev–Trinajstić information content (AvgIpc) is 3.86. The summed E-state index contributed by atoms with van der Waals surface area (Å²) in [5.74, 6) is 0.912. The van der Waals surface area contributed by atoms with Crippen LogP contribution in [0.5, 0.6) is 0 Å². The summed E-state index contributed by atoms with van der Waals surface area (Å²) in [5.41, 5.74) is 20.5. The van der Waals surface area contributed by atoms with E-state index in [4.69, 9.17) is 9.97 Å². The quantitative estimate of drug-likeness (QED) is 0.162. The van der Waals surface area contributed by atoms with Crippen LogP contribution < -0.4 is 0 Å². The molecule has 2 heterocycles. The Kier molecular flexibility index (Phi) is 9.09. The fraction of sp³-hybridized carbons (Fsp3) is 0.111. The van der Waals surface area contributed by atoms with Crippen LogP contribution >= 0.6 is 0 Å². The first kappa shape index (κ1) is 39.7. The van der Waals surface area contributed by atoms with Crippen LogP contribution in [-0.4, -0.2) is 14.5 Å². The summed E-state index contributed by atoms with van der Waals surface area (Å²) in [5, 5.41) is 3.44. The Hall–Kier alpha value is -7.88. The molecule has 2 aliphatic carbocycles.